The number of hydrogen-bond acceptors (Lipinski definition) is 7. The number of aromatic amines is 2. The number of amides is 2. The molecule has 11 nitrogen and oxygen atoms in total. The molecule has 0 aliphatic heterocycles. The number of carboxylic acid groups (broad SMARTS) is 1. The Labute approximate surface area is 167 Å². The number of aliphatic carboxylic acids is 1. The number of hydrogen-bond donors (Lipinski definition) is 6. The largest absolute Gasteiger partial charge is 0.480 e. The zero-order chi connectivity index (χ0) is 21.3. The number of carbonyl (C=O) groups is 3. The van der Waals surface area contributed by atoms with Gasteiger partial charge in [0.05, 0.1) is 16.7 Å². The summed E-state index contributed by atoms with van der Waals surface area (Å²) in [4.78, 5) is 57.2. The van der Waals surface area contributed by atoms with Crippen LogP contribution < -0.4 is 22.3 Å². The molecule has 0 saturated heterocycles. The van der Waals surface area contributed by atoms with E-state index >= 15 is 0 Å². The molecule has 2 amide bonds. The van der Waals surface area contributed by atoms with Gasteiger partial charge in [0.1, 0.15) is 11.7 Å². The van der Waals surface area contributed by atoms with Gasteiger partial charge in [-0.05, 0) is 17.7 Å². The number of H-pyrrole nitrogens is 2. The van der Waals surface area contributed by atoms with Crippen molar-refractivity contribution in [3.8, 4) is 0 Å². The fraction of sp³-hybridized carbons (Fsp3) is 0.235. The van der Waals surface area contributed by atoms with Gasteiger partial charge in [-0.15, -0.1) is 11.3 Å². The molecule has 0 aromatic carbocycles. The number of fused-ring (bicyclic) bond motifs is 1. The average Bonchev–Trinajstić information content (AvgIpc) is 3.27. The maximum Gasteiger partial charge on any atom is 0.326 e. The standard InChI is InChI=1S/C17H18N6O5S/c1-6(7-5-20-13-12(7)15(26)23-17(19)22-13)9-2-3-10(29-9)14(25)21-8(16(27)28)4-11(18)24/h2-3,5-6,8H,4H2,1H3,(H2,18,24)(H,21,25)(H,27,28)(H4,19,20,22,23,26)/t6?,8-/m0/s1. The molecule has 3 rings (SSSR count). The summed E-state index contributed by atoms with van der Waals surface area (Å²) in [6.45, 7) is 1.86. The van der Waals surface area contributed by atoms with Crippen molar-refractivity contribution < 1.29 is 19.5 Å². The number of thiophene rings is 1. The summed E-state index contributed by atoms with van der Waals surface area (Å²) >= 11 is 1.15. The number of aromatic nitrogens is 3. The van der Waals surface area contributed by atoms with E-state index in [0.717, 1.165) is 16.2 Å². The number of nitrogens with zero attached hydrogens (tertiary/aromatic N) is 1. The zero-order valence-corrected chi connectivity index (χ0v) is 16.0. The van der Waals surface area contributed by atoms with Crippen molar-refractivity contribution in [2.75, 3.05) is 5.73 Å². The monoisotopic (exact) mass is 418 g/mol. The molecule has 3 aromatic rings. The van der Waals surface area contributed by atoms with Crippen LogP contribution in [0.1, 0.15) is 39.4 Å². The van der Waals surface area contributed by atoms with E-state index in [-0.39, 0.29) is 22.3 Å². The van der Waals surface area contributed by atoms with E-state index in [4.69, 9.17) is 16.6 Å². The van der Waals surface area contributed by atoms with Gasteiger partial charge in [0.25, 0.3) is 11.5 Å². The predicted octanol–water partition coefficient (Wildman–Crippen LogP) is 0.105. The van der Waals surface area contributed by atoms with Crippen LogP contribution in [0.15, 0.2) is 23.1 Å². The first-order valence-corrected chi connectivity index (χ1v) is 9.27. The van der Waals surface area contributed by atoms with Crippen LogP contribution in [0, 0.1) is 0 Å². The Bertz CT molecular complexity index is 1160. The molecule has 0 aliphatic carbocycles. The maximum atomic E-state index is 12.4. The second kappa shape index (κ2) is 7.75. The van der Waals surface area contributed by atoms with Gasteiger partial charge in [-0.25, -0.2) is 4.79 Å². The molecule has 0 fully saturated rings. The van der Waals surface area contributed by atoms with Crippen molar-refractivity contribution in [2.24, 2.45) is 5.73 Å². The van der Waals surface area contributed by atoms with Gasteiger partial charge in [-0.3, -0.25) is 19.4 Å². The molecular formula is C17H18N6O5S. The van der Waals surface area contributed by atoms with Gasteiger partial charge < -0.3 is 26.9 Å². The van der Waals surface area contributed by atoms with Crippen molar-refractivity contribution in [1.29, 1.82) is 0 Å². The third-order valence-electron chi connectivity index (χ3n) is 4.34. The lowest BCUT2D eigenvalue weighted by molar-refractivity contribution is -0.140. The number of nitrogen functional groups attached to an aromatic ring is 1. The van der Waals surface area contributed by atoms with E-state index in [0.29, 0.717) is 16.6 Å². The third kappa shape index (κ3) is 4.11. The van der Waals surface area contributed by atoms with Gasteiger partial charge in [0, 0.05) is 17.0 Å². The Morgan fingerprint density at radius 2 is 2.07 bits per heavy atom. The fourth-order valence-electron chi connectivity index (χ4n) is 2.91. The van der Waals surface area contributed by atoms with E-state index in [1.54, 1.807) is 18.3 Å². The van der Waals surface area contributed by atoms with Gasteiger partial charge in [-0.2, -0.15) is 4.98 Å². The summed E-state index contributed by atoms with van der Waals surface area (Å²) in [6.07, 6.45) is 1.15. The van der Waals surface area contributed by atoms with Crippen LogP contribution in [0.25, 0.3) is 11.0 Å². The molecule has 8 N–H and O–H groups in total. The Morgan fingerprint density at radius 3 is 2.72 bits per heavy atom. The van der Waals surface area contributed by atoms with Crippen molar-refractivity contribution in [1.82, 2.24) is 20.3 Å². The summed E-state index contributed by atoms with van der Waals surface area (Å²) in [5.41, 5.74) is 11.2. The van der Waals surface area contributed by atoms with Gasteiger partial charge in [-0.1, -0.05) is 6.92 Å². The highest BCUT2D eigenvalue weighted by atomic mass is 32.1. The highest BCUT2D eigenvalue weighted by Gasteiger charge is 2.24. The first-order chi connectivity index (χ1) is 13.7. The normalized spacial score (nSPS) is 13.1. The molecule has 0 bridgehead atoms. The van der Waals surface area contributed by atoms with Crippen LogP contribution in [0.2, 0.25) is 0 Å². The Morgan fingerprint density at radius 1 is 1.34 bits per heavy atom. The van der Waals surface area contributed by atoms with Crippen molar-refractivity contribution in [3.05, 3.63) is 44.0 Å². The molecule has 0 saturated carbocycles. The molecular weight excluding hydrogens is 400 g/mol. The van der Waals surface area contributed by atoms with E-state index in [1.165, 1.54) is 0 Å². The van der Waals surface area contributed by atoms with E-state index in [1.807, 2.05) is 6.92 Å². The van der Waals surface area contributed by atoms with Gasteiger partial charge >= 0.3 is 5.97 Å². The van der Waals surface area contributed by atoms with E-state index < -0.39 is 30.2 Å². The maximum absolute atomic E-state index is 12.4. The van der Waals surface area contributed by atoms with Crippen molar-refractivity contribution in [2.45, 2.75) is 25.3 Å². The second-order valence-corrected chi connectivity index (χ2v) is 7.49. The Hall–Kier alpha value is -3.67. The molecule has 29 heavy (non-hydrogen) atoms. The van der Waals surface area contributed by atoms with E-state index in [9.17, 15) is 19.2 Å². The second-order valence-electron chi connectivity index (χ2n) is 6.38. The molecule has 1 unspecified atom stereocenters. The Balaban J connectivity index is 1.84. The number of carbonyl (C=O) groups excluding carboxylic acids is 2. The molecule has 3 heterocycles. The van der Waals surface area contributed by atoms with Crippen LogP contribution in [0.5, 0.6) is 0 Å². The molecule has 152 valence electrons. The minimum atomic E-state index is -1.41. The van der Waals surface area contributed by atoms with Crippen LogP contribution in [-0.2, 0) is 9.59 Å². The van der Waals surface area contributed by atoms with Crippen LogP contribution >= 0.6 is 11.3 Å². The van der Waals surface area contributed by atoms with Crippen LogP contribution in [-0.4, -0.2) is 43.9 Å². The summed E-state index contributed by atoms with van der Waals surface area (Å²) in [5.74, 6) is -3.07. The lowest BCUT2D eigenvalue weighted by Gasteiger charge is -2.12. The lowest BCUT2D eigenvalue weighted by atomic mass is 10.0. The lowest BCUT2D eigenvalue weighted by Crippen LogP contribution is -2.43. The highest BCUT2D eigenvalue weighted by molar-refractivity contribution is 7.14. The molecule has 2 atom stereocenters. The fourth-order valence-corrected chi connectivity index (χ4v) is 3.90. The van der Waals surface area contributed by atoms with Gasteiger partial charge in [0.2, 0.25) is 11.9 Å². The minimum absolute atomic E-state index is 0.00239. The summed E-state index contributed by atoms with van der Waals surface area (Å²) < 4.78 is 0. The third-order valence-corrected chi connectivity index (χ3v) is 5.61. The topological polar surface area (TPSA) is 197 Å². The van der Waals surface area contributed by atoms with Crippen LogP contribution in [0.4, 0.5) is 5.95 Å². The summed E-state index contributed by atoms with van der Waals surface area (Å²) in [5, 5.41) is 11.8. The number of nitrogens with one attached hydrogen (secondary N) is 3. The summed E-state index contributed by atoms with van der Waals surface area (Å²) in [7, 11) is 0. The van der Waals surface area contributed by atoms with Crippen LogP contribution in [0.3, 0.4) is 0 Å². The highest BCUT2D eigenvalue weighted by Crippen LogP contribution is 2.32. The first kappa shape index (κ1) is 20.1. The summed E-state index contributed by atoms with van der Waals surface area (Å²) in [6, 6.07) is 1.85. The molecule has 3 aromatic heterocycles. The number of primary amides is 1. The quantitative estimate of drug-likeness (QED) is 0.313. The SMILES string of the molecule is CC(c1ccc(C(=O)N[C@@H](CC(N)=O)C(=O)O)s1)c1c[nH]c2nc(N)[nH]c(=O)c12. The van der Waals surface area contributed by atoms with Crippen molar-refractivity contribution in [3.63, 3.8) is 0 Å². The van der Waals surface area contributed by atoms with E-state index in [2.05, 4.69) is 20.3 Å². The average molecular weight is 418 g/mol. The molecule has 0 spiro atoms. The Kier molecular flexibility index (Phi) is 5.37. The molecule has 0 aliphatic rings. The van der Waals surface area contributed by atoms with Crippen molar-refractivity contribution >= 4 is 46.1 Å². The first-order valence-electron chi connectivity index (χ1n) is 8.45. The molecule has 0 radical (unpaired) electrons. The number of anilines is 1. The zero-order valence-electron chi connectivity index (χ0n) is 15.2. The number of rotatable bonds is 7. The smallest absolute Gasteiger partial charge is 0.326 e. The number of carboxylic acids is 1. The minimum Gasteiger partial charge on any atom is -0.480 e. The molecule has 12 heteroatoms. The van der Waals surface area contributed by atoms with Gasteiger partial charge in [0.15, 0.2) is 0 Å². The number of nitrogens with two attached hydrogens (primary N) is 2. The predicted molar refractivity (Wildman–Crippen MR) is 106 cm³/mol.